The van der Waals surface area contributed by atoms with E-state index in [1.807, 2.05) is 18.3 Å². The van der Waals surface area contributed by atoms with Gasteiger partial charge in [-0.15, -0.1) is 0 Å². The standard InChI is InChI=1S/C12H15N3S/c1-4-10-12(15(2)3)16-11(14-10)9-6-5-7-13-8-9/h5-8H,4H2,1-3H3. The van der Waals surface area contributed by atoms with Crippen LogP contribution >= 0.6 is 11.3 Å². The highest BCUT2D eigenvalue weighted by molar-refractivity contribution is 7.19. The minimum absolute atomic E-state index is 0.963. The summed E-state index contributed by atoms with van der Waals surface area (Å²) >= 11 is 1.72. The molecule has 0 atom stereocenters. The summed E-state index contributed by atoms with van der Waals surface area (Å²) in [5.41, 5.74) is 2.25. The molecule has 84 valence electrons. The molecule has 0 aliphatic rings. The molecule has 0 fully saturated rings. The van der Waals surface area contributed by atoms with Gasteiger partial charge in [0, 0.05) is 32.1 Å². The Bertz CT molecular complexity index is 462. The van der Waals surface area contributed by atoms with Crippen molar-refractivity contribution in [3.63, 3.8) is 0 Å². The van der Waals surface area contributed by atoms with E-state index in [1.54, 1.807) is 17.5 Å². The number of anilines is 1. The maximum atomic E-state index is 4.66. The fourth-order valence-electron chi connectivity index (χ4n) is 1.54. The van der Waals surface area contributed by atoms with Crippen molar-refractivity contribution in [3.8, 4) is 10.6 Å². The van der Waals surface area contributed by atoms with Gasteiger partial charge in [0.2, 0.25) is 0 Å². The van der Waals surface area contributed by atoms with E-state index in [4.69, 9.17) is 0 Å². The Morgan fingerprint density at radius 3 is 2.69 bits per heavy atom. The van der Waals surface area contributed by atoms with Gasteiger partial charge < -0.3 is 4.90 Å². The Morgan fingerprint density at radius 1 is 1.38 bits per heavy atom. The number of nitrogens with zero attached hydrogens (tertiary/aromatic N) is 3. The van der Waals surface area contributed by atoms with Gasteiger partial charge in [-0.2, -0.15) is 0 Å². The molecule has 0 saturated carbocycles. The second-order valence-corrected chi connectivity index (χ2v) is 4.74. The molecule has 0 aliphatic carbocycles. The molecule has 0 radical (unpaired) electrons. The molecule has 16 heavy (non-hydrogen) atoms. The zero-order chi connectivity index (χ0) is 11.5. The molecule has 3 nitrogen and oxygen atoms in total. The molecule has 4 heteroatoms. The lowest BCUT2D eigenvalue weighted by Gasteiger charge is -2.09. The minimum Gasteiger partial charge on any atom is -0.368 e. The van der Waals surface area contributed by atoms with E-state index in [2.05, 4.69) is 35.9 Å². The Labute approximate surface area is 99.8 Å². The average Bonchev–Trinajstić information content (AvgIpc) is 2.74. The van der Waals surface area contributed by atoms with Gasteiger partial charge in [-0.05, 0) is 18.6 Å². The van der Waals surface area contributed by atoms with Gasteiger partial charge >= 0.3 is 0 Å². The normalized spacial score (nSPS) is 10.4. The van der Waals surface area contributed by atoms with Crippen molar-refractivity contribution < 1.29 is 0 Å². The Kier molecular flexibility index (Phi) is 3.19. The third-order valence-corrected chi connectivity index (χ3v) is 3.64. The molecule has 0 unspecified atom stereocenters. The molecule has 2 aromatic heterocycles. The zero-order valence-corrected chi connectivity index (χ0v) is 10.6. The van der Waals surface area contributed by atoms with Gasteiger partial charge in [0.15, 0.2) is 0 Å². The van der Waals surface area contributed by atoms with Gasteiger partial charge in [0.1, 0.15) is 10.0 Å². The van der Waals surface area contributed by atoms with E-state index >= 15 is 0 Å². The average molecular weight is 233 g/mol. The van der Waals surface area contributed by atoms with E-state index < -0.39 is 0 Å². The van der Waals surface area contributed by atoms with Crippen LogP contribution in [-0.2, 0) is 6.42 Å². The molecule has 0 amide bonds. The summed E-state index contributed by atoms with van der Waals surface area (Å²) in [6.07, 6.45) is 4.60. The Hall–Kier alpha value is -1.42. The summed E-state index contributed by atoms with van der Waals surface area (Å²) in [7, 11) is 4.11. The lowest BCUT2D eigenvalue weighted by atomic mass is 10.3. The van der Waals surface area contributed by atoms with Crippen LogP contribution in [0.3, 0.4) is 0 Å². The van der Waals surface area contributed by atoms with Crippen LogP contribution in [0.1, 0.15) is 12.6 Å². The van der Waals surface area contributed by atoms with E-state index in [9.17, 15) is 0 Å². The van der Waals surface area contributed by atoms with Gasteiger partial charge in [-0.1, -0.05) is 18.3 Å². The van der Waals surface area contributed by atoms with Gasteiger partial charge in [-0.3, -0.25) is 4.98 Å². The highest BCUT2D eigenvalue weighted by Crippen LogP contribution is 2.33. The predicted molar refractivity (Wildman–Crippen MR) is 69.1 cm³/mol. The third-order valence-electron chi connectivity index (χ3n) is 2.33. The predicted octanol–water partition coefficient (Wildman–Crippen LogP) is 2.83. The maximum Gasteiger partial charge on any atom is 0.127 e. The van der Waals surface area contributed by atoms with Crippen LogP contribution in [0.5, 0.6) is 0 Å². The number of pyridine rings is 1. The number of hydrogen-bond donors (Lipinski definition) is 0. The lowest BCUT2D eigenvalue weighted by Crippen LogP contribution is -2.08. The highest BCUT2D eigenvalue weighted by atomic mass is 32.1. The second kappa shape index (κ2) is 4.61. The smallest absolute Gasteiger partial charge is 0.127 e. The molecular weight excluding hydrogens is 218 g/mol. The van der Waals surface area contributed by atoms with Crippen LogP contribution in [0, 0.1) is 0 Å². The first-order valence-corrected chi connectivity index (χ1v) is 6.11. The van der Waals surface area contributed by atoms with Crippen molar-refractivity contribution in [1.82, 2.24) is 9.97 Å². The van der Waals surface area contributed by atoms with Crippen LogP contribution in [0.4, 0.5) is 5.00 Å². The van der Waals surface area contributed by atoms with Gasteiger partial charge in [0.25, 0.3) is 0 Å². The number of aryl methyl sites for hydroxylation is 1. The summed E-state index contributed by atoms with van der Waals surface area (Å²) in [6.45, 7) is 2.13. The van der Waals surface area contributed by atoms with Crippen molar-refractivity contribution in [2.24, 2.45) is 0 Å². The van der Waals surface area contributed by atoms with Crippen LogP contribution in [0.2, 0.25) is 0 Å². The molecule has 0 spiro atoms. The van der Waals surface area contributed by atoms with Crippen LogP contribution in [-0.4, -0.2) is 24.1 Å². The Morgan fingerprint density at radius 2 is 2.19 bits per heavy atom. The molecule has 0 aromatic carbocycles. The van der Waals surface area contributed by atoms with Crippen LogP contribution < -0.4 is 4.90 Å². The molecular formula is C12H15N3S. The van der Waals surface area contributed by atoms with E-state index in [-0.39, 0.29) is 0 Å². The molecule has 0 aliphatic heterocycles. The summed E-state index contributed by atoms with van der Waals surface area (Å²) in [4.78, 5) is 10.9. The van der Waals surface area contributed by atoms with Crippen molar-refractivity contribution in [2.75, 3.05) is 19.0 Å². The fourth-order valence-corrected chi connectivity index (χ4v) is 2.60. The molecule has 0 N–H and O–H groups in total. The summed E-state index contributed by atoms with van der Waals surface area (Å²) in [5.74, 6) is 0. The monoisotopic (exact) mass is 233 g/mol. The molecule has 2 rings (SSSR count). The Balaban J connectivity index is 2.44. The molecule has 0 bridgehead atoms. The first-order valence-electron chi connectivity index (χ1n) is 5.29. The summed E-state index contributed by atoms with van der Waals surface area (Å²) in [6, 6.07) is 3.99. The first kappa shape index (κ1) is 11.1. The number of rotatable bonds is 3. The largest absolute Gasteiger partial charge is 0.368 e. The van der Waals surface area contributed by atoms with E-state index in [1.165, 1.54) is 5.00 Å². The van der Waals surface area contributed by atoms with E-state index in [0.717, 1.165) is 22.7 Å². The van der Waals surface area contributed by atoms with E-state index in [0.29, 0.717) is 0 Å². The summed E-state index contributed by atoms with van der Waals surface area (Å²) in [5, 5.41) is 2.29. The molecule has 0 saturated heterocycles. The number of thiazole rings is 1. The maximum absolute atomic E-state index is 4.66. The van der Waals surface area contributed by atoms with Crippen molar-refractivity contribution in [1.29, 1.82) is 0 Å². The van der Waals surface area contributed by atoms with Crippen molar-refractivity contribution >= 4 is 16.3 Å². The lowest BCUT2D eigenvalue weighted by molar-refractivity contribution is 1.03. The number of hydrogen-bond acceptors (Lipinski definition) is 4. The van der Waals surface area contributed by atoms with Crippen LogP contribution in [0.25, 0.3) is 10.6 Å². The van der Waals surface area contributed by atoms with Crippen molar-refractivity contribution in [3.05, 3.63) is 30.2 Å². The zero-order valence-electron chi connectivity index (χ0n) is 9.77. The topological polar surface area (TPSA) is 29.0 Å². The SMILES string of the molecule is CCc1nc(-c2cccnc2)sc1N(C)C. The number of aromatic nitrogens is 2. The van der Waals surface area contributed by atoms with Gasteiger partial charge in [-0.25, -0.2) is 4.98 Å². The second-order valence-electron chi connectivity index (χ2n) is 3.76. The summed E-state index contributed by atoms with van der Waals surface area (Å²) < 4.78 is 0. The quantitative estimate of drug-likeness (QED) is 0.816. The highest BCUT2D eigenvalue weighted by Gasteiger charge is 2.12. The van der Waals surface area contributed by atoms with Crippen molar-refractivity contribution in [2.45, 2.75) is 13.3 Å². The van der Waals surface area contributed by atoms with Gasteiger partial charge in [0.05, 0.1) is 5.69 Å². The fraction of sp³-hybridized carbons (Fsp3) is 0.333. The minimum atomic E-state index is 0.963. The third kappa shape index (κ3) is 2.07. The van der Waals surface area contributed by atoms with Crippen LogP contribution in [0.15, 0.2) is 24.5 Å². The first-order chi connectivity index (χ1) is 7.72. The molecule has 2 heterocycles. The molecule has 2 aromatic rings.